The van der Waals surface area contributed by atoms with Gasteiger partial charge in [-0.2, -0.15) is 0 Å². The van der Waals surface area contributed by atoms with Gasteiger partial charge in [-0.15, -0.1) is 0 Å². The lowest BCUT2D eigenvalue weighted by Crippen LogP contribution is -2.52. The molecule has 6 heteroatoms. The molecule has 1 N–H and O–H groups in total. The number of rotatable bonds is 4. The van der Waals surface area contributed by atoms with Gasteiger partial charge in [0.15, 0.2) is 0 Å². The first-order valence-electron chi connectivity index (χ1n) is 7.16. The van der Waals surface area contributed by atoms with Gasteiger partial charge >= 0.3 is 0 Å². The molecule has 0 bridgehead atoms. The maximum Gasteiger partial charge on any atom is 0.256 e. The number of hydrogen-bond acceptors (Lipinski definition) is 3. The van der Waals surface area contributed by atoms with Crippen LogP contribution in [0.15, 0.2) is 18.2 Å². The molecule has 0 aliphatic carbocycles. The smallest absolute Gasteiger partial charge is 0.256 e. The molecule has 1 atom stereocenters. The van der Waals surface area contributed by atoms with Crippen LogP contribution in [-0.4, -0.2) is 59.6 Å². The fourth-order valence-corrected chi connectivity index (χ4v) is 2.63. The van der Waals surface area contributed by atoms with Crippen molar-refractivity contribution in [2.45, 2.75) is 19.4 Å². The Kier molecular flexibility index (Phi) is 5.25. The van der Waals surface area contributed by atoms with E-state index in [0.717, 1.165) is 18.6 Å². The van der Waals surface area contributed by atoms with Gasteiger partial charge in [0.05, 0.1) is 12.2 Å². The zero-order chi connectivity index (χ0) is 15.4. The van der Waals surface area contributed by atoms with Crippen LogP contribution < -0.4 is 0 Å². The number of hydrogen-bond donors (Lipinski definition) is 1. The number of carbonyl (C=O) groups excluding carboxylic acids is 1. The van der Waals surface area contributed by atoms with Crippen molar-refractivity contribution in [1.82, 2.24) is 9.80 Å². The summed E-state index contributed by atoms with van der Waals surface area (Å²) < 4.78 is 26.5. The monoisotopic (exact) mass is 298 g/mol. The minimum atomic E-state index is -0.829. The molecular weight excluding hydrogens is 278 g/mol. The molecule has 1 aromatic rings. The maximum atomic E-state index is 13.6. The highest BCUT2D eigenvalue weighted by molar-refractivity contribution is 5.94. The van der Waals surface area contributed by atoms with Gasteiger partial charge in [-0.25, -0.2) is 8.78 Å². The van der Waals surface area contributed by atoms with E-state index in [1.807, 2.05) is 6.92 Å². The Morgan fingerprint density at radius 2 is 1.95 bits per heavy atom. The molecule has 1 aromatic carbocycles. The second kappa shape index (κ2) is 6.95. The molecule has 1 heterocycles. The van der Waals surface area contributed by atoms with Gasteiger partial charge in [0.1, 0.15) is 11.6 Å². The van der Waals surface area contributed by atoms with Crippen molar-refractivity contribution in [2.24, 2.45) is 0 Å². The van der Waals surface area contributed by atoms with Crippen molar-refractivity contribution in [3.05, 3.63) is 35.4 Å². The summed E-state index contributed by atoms with van der Waals surface area (Å²) in [6.45, 7) is 4.35. The van der Waals surface area contributed by atoms with Crippen LogP contribution in [0.25, 0.3) is 0 Å². The van der Waals surface area contributed by atoms with E-state index in [-0.39, 0.29) is 18.2 Å². The standard InChI is InChI=1S/C15H20F2N2O2/c1-2-12(10-20)18-5-7-19(8-6-18)15(21)13-4-3-11(16)9-14(13)17/h3-4,9,12,20H,2,5-8,10H2,1H3. The first kappa shape index (κ1) is 15.9. The van der Waals surface area contributed by atoms with Crippen LogP contribution in [0.5, 0.6) is 0 Å². The number of benzene rings is 1. The number of amides is 1. The average Bonchev–Trinajstić information content (AvgIpc) is 2.48. The van der Waals surface area contributed by atoms with E-state index in [1.54, 1.807) is 4.90 Å². The Morgan fingerprint density at radius 1 is 1.29 bits per heavy atom. The molecule has 0 spiro atoms. The summed E-state index contributed by atoms with van der Waals surface area (Å²) in [5, 5.41) is 9.29. The topological polar surface area (TPSA) is 43.8 Å². The molecule has 1 fully saturated rings. The van der Waals surface area contributed by atoms with Gasteiger partial charge in [0.2, 0.25) is 0 Å². The van der Waals surface area contributed by atoms with Crippen molar-refractivity contribution in [1.29, 1.82) is 0 Å². The molecule has 0 aromatic heterocycles. The number of carbonyl (C=O) groups is 1. The van der Waals surface area contributed by atoms with Crippen LogP contribution in [0.4, 0.5) is 8.78 Å². The van der Waals surface area contributed by atoms with E-state index >= 15 is 0 Å². The number of piperazine rings is 1. The zero-order valence-corrected chi connectivity index (χ0v) is 12.1. The Bertz CT molecular complexity index is 498. The summed E-state index contributed by atoms with van der Waals surface area (Å²) in [7, 11) is 0. The van der Waals surface area contributed by atoms with E-state index in [9.17, 15) is 18.7 Å². The summed E-state index contributed by atoms with van der Waals surface area (Å²) in [5.41, 5.74) is -0.0981. The van der Waals surface area contributed by atoms with E-state index < -0.39 is 17.5 Å². The van der Waals surface area contributed by atoms with Crippen molar-refractivity contribution in [3.8, 4) is 0 Å². The van der Waals surface area contributed by atoms with Gasteiger partial charge < -0.3 is 10.0 Å². The SMILES string of the molecule is CCC(CO)N1CCN(C(=O)c2ccc(F)cc2F)CC1. The molecule has 1 aliphatic heterocycles. The van der Waals surface area contributed by atoms with Crippen LogP contribution in [0.2, 0.25) is 0 Å². The highest BCUT2D eigenvalue weighted by Gasteiger charge is 2.26. The molecule has 0 saturated carbocycles. The predicted octanol–water partition coefficient (Wildman–Crippen LogP) is 1.49. The highest BCUT2D eigenvalue weighted by Crippen LogP contribution is 2.15. The van der Waals surface area contributed by atoms with E-state index in [1.165, 1.54) is 6.07 Å². The lowest BCUT2D eigenvalue weighted by atomic mass is 10.1. The fraction of sp³-hybridized carbons (Fsp3) is 0.533. The largest absolute Gasteiger partial charge is 0.395 e. The van der Waals surface area contributed by atoms with Gasteiger partial charge in [-0.1, -0.05) is 6.92 Å². The third-order valence-electron chi connectivity index (χ3n) is 3.96. The minimum absolute atomic E-state index is 0.0943. The third kappa shape index (κ3) is 3.57. The van der Waals surface area contributed by atoms with Crippen LogP contribution in [0.1, 0.15) is 23.7 Å². The van der Waals surface area contributed by atoms with Gasteiger partial charge in [0.25, 0.3) is 5.91 Å². The molecular formula is C15H20F2N2O2. The summed E-state index contributed by atoms with van der Waals surface area (Å²) in [6, 6.07) is 3.10. The van der Waals surface area contributed by atoms with E-state index in [0.29, 0.717) is 26.2 Å². The Balaban J connectivity index is 2.00. The second-order valence-electron chi connectivity index (χ2n) is 5.20. The molecule has 0 radical (unpaired) electrons. The maximum absolute atomic E-state index is 13.6. The first-order chi connectivity index (χ1) is 10.1. The molecule has 1 aliphatic rings. The first-order valence-corrected chi connectivity index (χ1v) is 7.16. The van der Waals surface area contributed by atoms with Crippen LogP contribution in [-0.2, 0) is 0 Å². The zero-order valence-electron chi connectivity index (χ0n) is 12.1. The average molecular weight is 298 g/mol. The third-order valence-corrected chi connectivity index (χ3v) is 3.96. The second-order valence-corrected chi connectivity index (χ2v) is 5.20. The Hall–Kier alpha value is -1.53. The van der Waals surface area contributed by atoms with Gasteiger partial charge in [0, 0.05) is 38.3 Å². The van der Waals surface area contributed by atoms with Gasteiger partial charge in [-0.05, 0) is 18.6 Å². The number of aliphatic hydroxyl groups excluding tert-OH is 1. The molecule has 1 saturated heterocycles. The lowest BCUT2D eigenvalue weighted by molar-refractivity contribution is 0.0469. The Morgan fingerprint density at radius 3 is 2.48 bits per heavy atom. The van der Waals surface area contributed by atoms with Crippen LogP contribution >= 0.6 is 0 Å². The molecule has 116 valence electrons. The number of nitrogens with zero attached hydrogens (tertiary/aromatic N) is 2. The van der Waals surface area contributed by atoms with Crippen molar-refractivity contribution in [2.75, 3.05) is 32.8 Å². The summed E-state index contributed by atoms with van der Waals surface area (Å²) in [4.78, 5) is 15.9. The summed E-state index contributed by atoms with van der Waals surface area (Å²) in [5.74, 6) is -1.93. The summed E-state index contributed by atoms with van der Waals surface area (Å²) in [6.07, 6.45) is 0.844. The lowest BCUT2D eigenvalue weighted by Gasteiger charge is -2.38. The fourth-order valence-electron chi connectivity index (χ4n) is 2.63. The van der Waals surface area contributed by atoms with Gasteiger partial charge in [-0.3, -0.25) is 9.69 Å². The predicted molar refractivity (Wildman–Crippen MR) is 75.0 cm³/mol. The molecule has 1 amide bonds. The normalized spacial score (nSPS) is 17.8. The van der Waals surface area contributed by atoms with Crippen LogP contribution in [0.3, 0.4) is 0 Å². The molecule has 4 nitrogen and oxygen atoms in total. The van der Waals surface area contributed by atoms with Crippen LogP contribution in [0, 0.1) is 11.6 Å². The minimum Gasteiger partial charge on any atom is -0.395 e. The molecule has 1 unspecified atom stereocenters. The molecule has 21 heavy (non-hydrogen) atoms. The van der Waals surface area contributed by atoms with Crippen molar-refractivity contribution < 1.29 is 18.7 Å². The quantitative estimate of drug-likeness (QED) is 0.916. The highest BCUT2D eigenvalue weighted by atomic mass is 19.1. The van der Waals surface area contributed by atoms with Crippen molar-refractivity contribution >= 4 is 5.91 Å². The number of aliphatic hydroxyl groups is 1. The summed E-state index contributed by atoms with van der Waals surface area (Å²) >= 11 is 0. The number of halogens is 2. The van der Waals surface area contributed by atoms with E-state index in [4.69, 9.17) is 0 Å². The van der Waals surface area contributed by atoms with Crippen molar-refractivity contribution in [3.63, 3.8) is 0 Å². The molecule has 2 rings (SSSR count). The van der Waals surface area contributed by atoms with E-state index in [2.05, 4.69) is 4.90 Å². The Labute approximate surface area is 123 Å².